The van der Waals surface area contributed by atoms with Crippen molar-refractivity contribution >= 4 is 34.9 Å². The number of amides is 3. The highest BCUT2D eigenvalue weighted by Gasteiger charge is 2.46. The largest absolute Gasteiger partial charge is 0.438 e. The van der Waals surface area contributed by atoms with E-state index in [0.29, 0.717) is 22.7 Å². The van der Waals surface area contributed by atoms with Crippen LogP contribution in [0.15, 0.2) is 90.6 Å². The smallest absolute Gasteiger partial charge is 0.411 e. The minimum atomic E-state index is -0.878. The zero-order chi connectivity index (χ0) is 26.5. The van der Waals surface area contributed by atoms with Gasteiger partial charge in [-0.3, -0.25) is 19.5 Å². The van der Waals surface area contributed by atoms with Gasteiger partial charge in [-0.1, -0.05) is 48.0 Å². The molecule has 4 aromatic rings. The molecule has 0 radical (unpaired) electrons. The summed E-state index contributed by atoms with van der Waals surface area (Å²) in [6.07, 6.45) is 1.95. The Morgan fingerprint density at radius 3 is 2.50 bits per heavy atom. The van der Waals surface area contributed by atoms with Crippen molar-refractivity contribution in [3.8, 4) is 0 Å². The van der Waals surface area contributed by atoms with Crippen LogP contribution in [-0.4, -0.2) is 33.8 Å². The Hall–Kier alpha value is -4.50. The number of cyclic esters (lactones) is 1. The number of ether oxygens (including phenoxy) is 1. The first-order chi connectivity index (χ1) is 18.5. The van der Waals surface area contributed by atoms with Gasteiger partial charge < -0.3 is 15.4 Å². The number of pyridine rings is 1. The first kappa shape index (κ1) is 25.2. The lowest BCUT2D eigenvalue weighted by Crippen LogP contribution is -2.46. The zero-order valence-corrected chi connectivity index (χ0v) is 21.5. The van der Waals surface area contributed by atoms with Gasteiger partial charge in [0.15, 0.2) is 12.1 Å². The van der Waals surface area contributed by atoms with Crippen LogP contribution in [0.25, 0.3) is 0 Å². The predicted molar refractivity (Wildman–Crippen MR) is 145 cm³/mol. The SMILES string of the molecule is Cc1cccc(CN2C(=O)O[C@@H](c3ccc(NC(=O)c4cccs4)cc3)[C@@H]2C(=O)NCc2ccncc2)c1. The maximum atomic E-state index is 13.5. The quantitative estimate of drug-likeness (QED) is 0.333. The molecule has 1 saturated heterocycles. The van der Waals surface area contributed by atoms with E-state index in [0.717, 1.165) is 16.7 Å². The Morgan fingerprint density at radius 1 is 1.00 bits per heavy atom. The molecule has 1 fully saturated rings. The van der Waals surface area contributed by atoms with Crippen LogP contribution in [0.2, 0.25) is 0 Å². The summed E-state index contributed by atoms with van der Waals surface area (Å²) in [7, 11) is 0. The van der Waals surface area contributed by atoms with Crippen LogP contribution < -0.4 is 10.6 Å². The van der Waals surface area contributed by atoms with E-state index in [1.54, 1.807) is 42.7 Å². The van der Waals surface area contributed by atoms with Crippen LogP contribution in [0.1, 0.15) is 38.0 Å². The monoisotopic (exact) mass is 526 g/mol. The molecular weight excluding hydrogens is 500 g/mol. The molecule has 3 amide bonds. The molecule has 1 aliphatic rings. The van der Waals surface area contributed by atoms with Crippen molar-refractivity contribution in [2.45, 2.75) is 32.2 Å². The number of aryl methyl sites for hydroxylation is 1. The molecule has 1 aliphatic heterocycles. The van der Waals surface area contributed by atoms with Crippen LogP contribution in [0.4, 0.5) is 10.5 Å². The first-order valence-electron chi connectivity index (χ1n) is 12.1. The Kier molecular flexibility index (Phi) is 7.46. The fourth-order valence-corrected chi connectivity index (χ4v) is 4.99. The Bertz CT molecular complexity index is 1420. The molecule has 2 N–H and O–H groups in total. The highest BCUT2D eigenvalue weighted by molar-refractivity contribution is 7.12. The van der Waals surface area contributed by atoms with Crippen molar-refractivity contribution in [1.82, 2.24) is 15.2 Å². The van der Waals surface area contributed by atoms with Gasteiger partial charge >= 0.3 is 6.09 Å². The molecule has 0 spiro atoms. The van der Waals surface area contributed by atoms with E-state index in [1.807, 2.05) is 54.8 Å². The Balaban J connectivity index is 1.37. The standard InChI is InChI=1S/C29H26N4O4S/c1-19-4-2-5-21(16-19)18-33-25(28(35)31-17-20-11-13-30-14-12-20)26(37-29(33)36)22-7-9-23(10-8-22)32-27(34)24-6-3-15-38-24/h2-16,25-26H,17-18H2,1H3,(H,31,35)(H,32,34)/t25-,26+/m1/s1. The number of rotatable bonds is 8. The van der Waals surface area contributed by atoms with Crippen LogP contribution in [0.3, 0.4) is 0 Å². The summed E-state index contributed by atoms with van der Waals surface area (Å²) in [4.78, 5) is 45.0. The summed E-state index contributed by atoms with van der Waals surface area (Å²) in [6, 6.07) is 21.2. The molecule has 2 aromatic carbocycles. The second-order valence-electron chi connectivity index (χ2n) is 8.99. The number of hydrogen-bond acceptors (Lipinski definition) is 6. The normalized spacial score (nSPS) is 16.7. The highest BCUT2D eigenvalue weighted by atomic mass is 32.1. The van der Waals surface area contributed by atoms with Crippen molar-refractivity contribution in [2.75, 3.05) is 5.32 Å². The number of thiophene rings is 1. The highest BCUT2D eigenvalue weighted by Crippen LogP contribution is 2.34. The van der Waals surface area contributed by atoms with E-state index < -0.39 is 18.2 Å². The summed E-state index contributed by atoms with van der Waals surface area (Å²) >= 11 is 1.36. The van der Waals surface area contributed by atoms with Gasteiger partial charge in [0.25, 0.3) is 5.91 Å². The molecule has 2 aromatic heterocycles. The number of nitrogens with zero attached hydrogens (tertiary/aromatic N) is 2. The lowest BCUT2D eigenvalue weighted by atomic mass is 10.00. The molecular formula is C29H26N4O4S. The summed E-state index contributed by atoms with van der Waals surface area (Å²) in [5, 5.41) is 7.65. The molecule has 3 heterocycles. The summed E-state index contributed by atoms with van der Waals surface area (Å²) in [5.41, 5.74) is 4.12. The van der Waals surface area contributed by atoms with E-state index in [2.05, 4.69) is 15.6 Å². The van der Waals surface area contributed by atoms with Crippen molar-refractivity contribution in [1.29, 1.82) is 0 Å². The molecule has 9 heteroatoms. The average molecular weight is 527 g/mol. The number of carbonyl (C=O) groups is 3. The molecule has 192 valence electrons. The second kappa shape index (κ2) is 11.3. The Morgan fingerprint density at radius 2 is 1.79 bits per heavy atom. The lowest BCUT2D eigenvalue weighted by molar-refractivity contribution is -0.126. The number of anilines is 1. The third kappa shape index (κ3) is 5.73. The molecule has 5 rings (SSSR count). The van der Waals surface area contributed by atoms with Crippen molar-refractivity contribution in [3.63, 3.8) is 0 Å². The Labute approximate surface area is 224 Å². The molecule has 0 aliphatic carbocycles. The van der Waals surface area contributed by atoms with Gasteiger partial charge in [0.1, 0.15) is 0 Å². The first-order valence-corrected chi connectivity index (χ1v) is 13.0. The molecule has 2 atom stereocenters. The van der Waals surface area contributed by atoms with Crippen LogP contribution >= 0.6 is 11.3 Å². The zero-order valence-electron chi connectivity index (χ0n) is 20.7. The number of aromatic nitrogens is 1. The topological polar surface area (TPSA) is 101 Å². The van der Waals surface area contributed by atoms with E-state index >= 15 is 0 Å². The molecule has 0 saturated carbocycles. The van der Waals surface area contributed by atoms with Crippen molar-refractivity contribution in [2.24, 2.45) is 0 Å². The van der Waals surface area contributed by atoms with E-state index in [1.165, 1.54) is 16.2 Å². The van der Waals surface area contributed by atoms with E-state index in [4.69, 9.17) is 4.74 Å². The number of carbonyl (C=O) groups excluding carboxylic acids is 3. The fraction of sp³-hybridized carbons (Fsp3) is 0.172. The molecule has 8 nitrogen and oxygen atoms in total. The minimum Gasteiger partial charge on any atom is -0.438 e. The third-order valence-electron chi connectivity index (χ3n) is 6.25. The third-order valence-corrected chi connectivity index (χ3v) is 7.12. The fourth-order valence-electron chi connectivity index (χ4n) is 4.37. The van der Waals surface area contributed by atoms with Gasteiger partial charge in [-0.05, 0) is 59.3 Å². The maximum absolute atomic E-state index is 13.5. The van der Waals surface area contributed by atoms with Gasteiger partial charge in [0.05, 0.1) is 11.4 Å². The van der Waals surface area contributed by atoms with Gasteiger partial charge in [0.2, 0.25) is 5.91 Å². The molecule has 0 unspecified atom stereocenters. The van der Waals surface area contributed by atoms with Crippen molar-refractivity contribution < 1.29 is 19.1 Å². The molecule has 38 heavy (non-hydrogen) atoms. The van der Waals surface area contributed by atoms with Gasteiger partial charge in [-0.2, -0.15) is 0 Å². The minimum absolute atomic E-state index is 0.197. The molecule has 0 bridgehead atoms. The summed E-state index contributed by atoms with van der Waals surface area (Å²) in [5.74, 6) is -0.516. The summed E-state index contributed by atoms with van der Waals surface area (Å²) in [6.45, 7) is 2.51. The van der Waals surface area contributed by atoms with Gasteiger partial charge in [-0.15, -0.1) is 11.3 Å². The van der Waals surface area contributed by atoms with Gasteiger partial charge in [-0.25, -0.2) is 4.79 Å². The van der Waals surface area contributed by atoms with Crippen molar-refractivity contribution in [3.05, 3.63) is 118 Å². The van der Waals surface area contributed by atoms with Crippen LogP contribution in [0.5, 0.6) is 0 Å². The number of hydrogen-bond donors (Lipinski definition) is 2. The lowest BCUT2D eigenvalue weighted by Gasteiger charge is -2.24. The van der Waals surface area contributed by atoms with E-state index in [9.17, 15) is 14.4 Å². The number of benzene rings is 2. The predicted octanol–water partition coefficient (Wildman–Crippen LogP) is 5.08. The van der Waals surface area contributed by atoms with E-state index in [-0.39, 0.29) is 18.4 Å². The second-order valence-corrected chi connectivity index (χ2v) is 9.94. The van der Waals surface area contributed by atoms with Crippen LogP contribution in [-0.2, 0) is 22.6 Å². The van der Waals surface area contributed by atoms with Gasteiger partial charge in [0, 0.05) is 24.6 Å². The number of nitrogens with one attached hydrogen (secondary N) is 2. The average Bonchev–Trinajstić information content (AvgIpc) is 3.57. The summed E-state index contributed by atoms with van der Waals surface area (Å²) < 4.78 is 5.76. The van der Waals surface area contributed by atoms with Crippen LogP contribution in [0, 0.1) is 6.92 Å². The maximum Gasteiger partial charge on any atom is 0.411 e.